The first-order valence-corrected chi connectivity index (χ1v) is 9.67. The van der Waals surface area contributed by atoms with E-state index in [1.54, 1.807) is 6.08 Å². The number of amides is 4. The minimum Gasteiger partial charge on any atom is -0.452 e. The van der Waals surface area contributed by atoms with Gasteiger partial charge in [0.05, 0.1) is 0 Å². The number of carbonyl (C=O) groups excluding carboxylic acids is 4. The lowest BCUT2D eigenvalue weighted by Gasteiger charge is -2.33. The molecule has 0 atom stereocenters. The highest BCUT2D eigenvalue weighted by atomic mass is 16.5. The van der Waals surface area contributed by atoms with E-state index in [4.69, 9.17) is 4.74 Å². The Bertz CT molecular complexity index is 856. The zero-order chi connectivity index (χ0) is 21.0. The van der Waals surface area contributed by atoms with Gasteiger partial charge in [-0.1, -0.05) is 36.8 Å². The molecule has 0 radical (unpaired) electrons. The van der Waals surface area contributed by atoms with Crippen molar-refractivity contribution >= 4 is 29.9 Å². The molecule has 2 N–H and O–H groups in total. The van der Waals surface area contributed by atoms with Gasteiger partial charge < -0.3 is 10.1 Å². The van der Waals surface area contributed by atoms with Crippen LogP contribution in [0.1, 0.15) is 43.7 Å². The highest BCUT2D eigenvalue weighted by Gasteiger charge is 2.52. The topological polar surface area (TPSA) is 105 Å². The third kappa shape index (κ3) is 4.82. The van der Waals surface area contributed by atoms with Crippen LogP contribution in [0, 0.1) is 12.8 Å². The number of urea groups is 1. The van der Waals surface area contributed by atoms with Crippen molar-refractivity contribution in [3.05, 3.63) is 41.5 Å². The van der Waals surface area contributed by atoms with E-state index in [1.807, 2.05) is 31.2 Å². The van der Waals surface area contributed by atoms with Crippen LogP contribution >= 0.6 is 0 Å². The van der Waals surface area contributed by atoms with Gasteiger partial charge in [0.15, 0.2) is 6.61 Å². The zero-order valence-corrected chi connectivity index (χ0v) is 16.6. The van der Waals surface area contributed by atoms with Gasteiger partial charge in [-0.15, -0.1) is 0 Å². The maximum atomic E-state index is 12.7. The summed E-state index contributed by atoms with van der Waals surface area (Å²) in [5.41, 5.74) is 3.17. The number of esters is 1. The maximum Gasteiger partial charge on any atom is 0.344 e. The number of nitrogens with one attached hydrogen (secondary N) is 2. The minimum atomic E-state index is -0.940. The fraction of sp³-hybridized carbons (Fsp3) is 0.429. The molecule has 0 unspecified atom stereocenters. The SMILES string of the molecule is Cc1cccc(/C=C/C(=O)OCC(=O)NN2C(=O)NC3(CCC(C)CC3)C2=O)c1. The summed E-state index contributed by atoms with van der Waals surface area (Å²) in [5.74, 6) is -1.42. The number of imide groups is 1. The summed E-state index contributed by atoms with van der Waals surface area (Å²) in [5, 5.41) is 3.40. The van der Waals surface area contributed by atoms with Crippen molar-refractivity contribution in [3.63, 3.8) is 0 Å². The molecular formula is C21H25N3O5. The summed E-state index contributed by atoms with van der Waals surface area (Å²) in [7, 11) is 0. The highest BCUT2D eigenvalue weighted by Crippen LogP contribution is 2.35. The minimum absolute atomic E-state index is 0.464. The molecule has 4 amide bonds. The van der Waals surface area contributed by atoms with E-state index < -0.39 is 36.0 Å². The number of hydrogen-bond donors (Lipinski definition) is 2. The molecule has 29 heavy (non-hydrogen) atoms. The van der Waals surface area contributed by atoms with Gasteiger partial charge in [0, 0.05) is 6.08 Å². The number of ether oxygens (including phenoxy) is 1. The largest absolute Gasteiger partial charge is 0.452 e. The lowest BCUT2D eigenvalue weighted by Crippen LogP contribution is -2.52. The highest BCUT2D eigenvalue weighted by molar-refractivity contribution is 6.08. The van der Waals surface area contributed by atoms with Crippen molar-refractivity contribution in [2.75, 3.05) is 6.61 Å². The van der Waals surface area contributed by atoms with E-state index >= 15 is 0 Å². The molecule has 8 heteroatoms. The molecule has 1 aromatic rings. The van der Waals surface area contributed by atoms with Crippen molar-refractivity contribution in [3.8, 4) is 0 Å². The lowest BCUT2D eigenvalue weighted by molar-refractivity contribution is -0.147. The summed E-state index contributed by atoms with van der Waals surface area (Å²) in [6.45, 7) is 3.45. The molecule has 2 aliphatic rings. The van der Waals surface area contributed by atoms with Crippen LogP contribution in [0.25, 0.3) is 6.08 Å². The first-order valence-electron chi connectivity index (χ1n) is 9.67. The second-order valence-corrected chi connectivity index (χ2v) is 7.73. The number of hydrogen-bond acceptors (Lipinski definition) is 5. The van der Waals surface area contributed by atoms with Crippen molar-refractivity contribution < 1.29 is 23.9 Å². The maximum absolute atomic E-state index is 12.7. The fourth-order valence-corrected chi connectivity index (χ4v) is 3.60. The molecular weight excluding hydrogens is 374 g/mol. The molecule has 1 saturated heterocycles. The van der Waals surface area contributed by atoms with Gasteiger partial charge >= 0.3 is 12.0 Å². The monoisotopic (exact) mass is 399 g/mol. The van der Waals surface area contributed by atoms with Crippen molar-refractivity contribution in [2.45, 2.75) is 45.1 Å². The zero-order valence-electron chi connectivity index (χ0n) is 16.6. The average molecular weight is 399 g/mol. The summed E-state index contributed by atoms with van der Waals surface area (Å²) in [6, 6.07) is 6.88. The van der Waals surface area contributed by atoms with Crippen LogP contribution in [0.5, 0.6) is 0 Å². The average Bonchev–Trinajstić information content (AvgIpc) is 2.91. The van der Waals surface area contributed by atoms with E-state index in [0.717, 1.165) is 24.0 Å². The quantitative estimate of drug-likeness (QED) is 0.448. The molecule has 2 fully saturated rings. The van der Waals surface area contributed by atoms with E-state index in [9.17, 15) is 19.2 Å². The molecule has 8 nitrogen and oxygen atoms in total. The first-order chi connectivity index (χ1) is 13.8. The van der Waals surface area contributed by atoms with Crippen LogP contribution in [0.15, 0.2) is 30.3 Å². The van der Waals surface area contributed by atoms with Gasteiger partial charge in [0.2, 0.25) is 0 Å². The Kier molecular flexibility index (Phi) is 6.00. The fourth-order valence-electron chi connectivity index (χ4n) is 3.60. The first kappa shape index (κ1) is 20.6. The van der Waals surface area contributed by atoms with E-state index in [-0.39, 0.29) is 0 Å². The van der Waals surface area contributed by atoms with Crippen LogP contribution in [0.2, 0.25) is 0 Å². The molecule has 1 aliphatic heterocycles. The number of carbonyl (C=O) groups is 4. The number of aryl methyl sites for hydroxylation is 1. The van der Waals surface area contributed by atoms with Gasteiger partial charge in [-0.05, 0) is 50.2 Å². The molecule has 1 spiro atoms. The van der Waals surface area contributed by atoms with Gasteiger partial charge in [0.1, 0.15) is 5.54 Å². The third-order valence-corrected chi connectivity index (χ3v) is 5.33. The van der Waals surface area contributed by atoms with Crippen LogP contribution < -0.4 is 10.7 Å². The van der Waals surface area contributed by atoms with Gasteiger partial charge in [-0.2, -0.15) is 5.01 Å². The Morgan fingerprint density at radius 2 is 2.03 bits per heavy atom. The molecule has 1 saturated carbocycles. The number of benzene rings is 1. The van der Waals surface area contributed by atoms with Crippen LogP contribution in [0.3, 0.4) is 0 Å². The van der Waals surface area contributed by atoms with Crippen LogP contribution in [-0.4, -0.2) is 41.0 Å². The third-order valence-electron chi connectivity index (χ3n) is 5.33. The van der Waals surface area contributed by atoms with Crippen molar-refractivity contribution in [1.29, 1.82) is 0 Å². The second-order valence-electron chi connectivity index (χ2n) is 7.73. The molecule has 3 rings (SSSR count). The van der Waals surface area contributed by atoms with Crippen molar-refractivity contribution in [2.24, 2.45) is 5.92 Å². The van der Waals surface area contributed by atoms with E-state index in [2.05, 4.69) is 17.7 Å². The Hall–Kier alpha value is -3.16. The van der Waals surface area contributed by atoms with Crippen LogP contribution in [-0.2, 0) is 19.1 Å². The molecule has 0 bridgehead atoms. The van der Waals surface area contributed by atoms with Crippen molar-refractivity contribution in [1.82, 2.24) is 15.8 Å². The molecule has 1 aliphatic carbocycles. The Morgan fingerprint density at radius 1 is 1.31 bits per heavy atom. The summed E-state index contributed by atoms with van der Waals surface area (Å²) < 4.78 is 4.88. The summed E-state index contributed by atoms with van der Waals surface area (Å²) >= 11 is 0. The summed E-state index contributed by atoms with van der Waals surface area (Å²) in [6.07, 6.45) is 5.55. The predicted octanol–water partition coefficient (Wildman–Crippen LogP) is 2.08. The number of nitrogens with zero attached hydrogens (tertiary/aromatic N) is 1. The molecule has 154 valence electrons. The smallest absolute Gasteiger partial charge is 0.344 e. The molecule has 1 heterocycles. The number of rotatable bonds is 5. The van der Waals surface area contributed by atoms with Gasteiger partial charge in [0.25, 0.3) is 11.8 Å². The Labute approximate surface area is 169 Å². The van der Waals surface area contributed by atoms with Crippen LogP contribution in [0.4, 0.5) is 4.79 Å². The van der Waals surface area contributed by atoms with E-state index in [0.29, 0.717) is 23.8 Å². The second kappa shape index (κ2) is 8.46. The lowest BCUT2D eigenvalue weighted by atomic mass is 9.77. The van der Waals surface area contributed by atoms with E-state index in [1.165, 1.54) is 6.08 Å². The Balaban J connectivity index is 1.49. The summed E-state index contributed by atoms with van der Waals surface area (Å²) in [4.78, 5) is 48.7. The number of hydrazine groups is 1. The standard InChI is InChI=1S/C21H25N3O5/c1-14-8-10-21(11-9-14)19(27)24(20(28)22-21)23-17(25)13-29-18(26)7-6-16-5-3-4-15(2)12-16/h3-7,12,14H,8-11,13H2,1-2H3,(H,22,28)(H,23,25)/b7-6+. The Morgan fingerprint density at radius 3 is 2.72 bits per heavy atom. The normalized spacial score (nSPS) is 24.1. The van der Waals surface area contributed by atoms with Gasteiger partial charge in [-0.25, -0.2) is 9.59 Å². The molecule has 0 aromatic heterocycles. The van der Waals surface area contributed by atoms with Gasteiger partial charge in [-0.3, -0.25) is 15.0 Å². The predicted molar refractivity (Wildman–Crippen MR) is 105 cm³/mol. The molecule has 1 aromatic carbocycles.